The van der Waals surface area contributed by atoms with Crippen LogP contribution in [-0.4, -0.2) is 46.5 Å². The molecule has 0 spiro atoms. The minimum absolute atomic E-state index is 0.0370. The van der Waals surface area contributed by atoms with Crippen molar-refractivity contribution < 1.29 is 14.7 Å². The van der Waals surface area contributed by atoms with E-state index >= 15 is 0 Å². The van der Waals surface area contributed by atoms with Gasteiger partial charge in [0.25, 0.3) is 0 Å². The summed E-state index contributed by atoms with van der Waals surface area (Å²) in [6.07, 6.45) is 4.95. The maximum Gasteiger partial charge on any atom is 0.337 e. The molecule has 2 rings (SSSR count). The lowest BCUT2D eigenvalue weighted by Gasteiger charge is -2.26. The average Bonchev–Trinajstić information content (AvgIpc) is 2.49. The van der Waals surface area contributed by atoms with Crippen molar-refractivity contribution in [3.63, 3.8) is 0 Å². The summed E-state index contributed by atoms with van der Waals surface area (Å²) in [5, 5.41) is 12.0. The van der Waals surface area contributed by atoms with Crippen LogP contribution in [0, 0.1) is 0 Å². The molecule has 1 aromatic rings. The highest BCUT2D eigenvalue weighted by Crippen LogP contribution is 2.20. The van der Waals surface area contributed by atoms with E-state index in [0.29, 0.717) is 18.8 Å². The summed E-state index contributed by atoms with van der Waals surface area (Å²) in [5.41, 5.74) is 0.0370. The van der Waals surface area contributed by atoms with E-state index in [2.05, 4.69) is 10.3 Å². The van der Waals surface area contributed by atoms with E-state index in [-0.39, 0.29) is 16.5 Å². The predicted molar refractivity (Wildman–Crippen MR) is 79.7 cm³/mol. The highest BCUT2D eigenvalue weighted by atomic mass is 35.5. The highest BCUT2D eigenvalue weighted by molar-refractivity contribution is 6.33. The normalized spacial score (nSPS) is 14.8. The van der Waals surface area contributed by atoms with Crippen LogP contribution >= 0.6 is 11.6 Å². The minimum atomic E-state index is -1.07. The first-order valence-electron chi connectivity index (χ1n) is 6.98. The molecule has 1 saturated heterocycles. The molecule has 0 saturated carbocycles. The van der Waals surface area contributed by atoms with Crippen LogP contribution in [0.4, 0.5) is 5.82 Å². The van der Waals surface area contributed by atoms with Gasteiger partial charge in [0.05, 0.1) is 10.6 Å². The molecule has 2 heterocycles. The summed E-state index contributed by atoms with van der Waals surface area (Å²) in [4.78, 5) is 28.6. The molecule has 1 aromatic heterocycles. The second kappa shape index (κ2) is 7.26. The number of likely N-dealkylation sites (tertiary alicyclic amines) is 1. The van der Waals surface area contributed by atoms with Gasteiger partial charge in [-0.2, -0.15) is 0 Å². The Morgan fingerprint density at radius 3 is 2.67 bits per heavy atom. The quantitative estimate of drug-likeness (QED) is 0.871. The van der Waals surface area contributed by atoms with Gasteiger partial charge in [-0.05, 0) is 25.3 Å². The summed E-state index contributed by atoms with van der Waals surface area (Å²) in [6, 6.07) is 1.34. The maximum atomic E-state index is 12.0. The van der Waals surface area contributed by atoms with Crippen molar-refractivity contribution in [1.82, 2.24) is 9.88 Å². The smallest absolute Gasteiger partial charge is 0.337 e. The van der Waals surface area contributed by atoms with Crippen molar-refractivity contribution in [2.75, 3.05) is 25.0 Å². The van der Waals surface area contributed by atoms with Crippen LogP contribution in [0.3, 0.4) is 0 Å². The zero-order valence-electron chi connectivity index (χ0n) is 11.6. The molecule has 1 aliphatic rings. The van der Waals surface area contributed by atoms with Crippen molar-refractivity contribution >= 4 is 29.3 Å². The molecular weight excluding hydrogens is 294 g/mol. The molecule has 6 nitrogen and oxygen atoms in total. The number of aromatic nitrogens is 1. The van der Waals surface area contributed by atoms with Crippen LogP contribution in [0.25, 0.3) is 0 Å². The number of anilines is 1. The fourth-order valence-electron chi connectivity index (χ4n) is 2.27. The van der Waals surface area contributed by atoms with Gasteiger partial charge in [0.2, 0.25) is 5.91 Å². The number of hydrogen-bond donors (Lipinski definition) is 2. The molecule has 1 fully saturated rings. The second-order valence-corrected chi connectivity index (χ2v) is 5.38. The summed E-state index contributed by atoms with van der Waals surface area (Å²) in [6.45, 7) is 2.10. The molecule has 114 valence electrons. The Kier molecular flexibility index (Phi) is 5.38. The van der Waals surface area contributed by atoms with Crippen molar-refractivity contribution in [3.8, 4) is 0 Å². The standard InChI is InChI=1S/C14H18ClN3O3/c15-11-8-10(14(20)21)9-17-13(11)16-5-4-12(19)18-6-2-1-3-7-18/h8-9H,1-7H2,(H,16,17)(H,20,21). The van der Waals surface area contributed by atoms with Crippen LogP contribution < -0.4 is 5.32 Å². The van der Waals surface area contributed by atoms with Gasteiger partial charge in [-0.3, -0.25) is 4.79 Å². The number of carbonyl (C=O) groups excluding carboxylic acids is 1. The van der Waals surface area contributed by atoms with Gasteiger partial charge in [-0.25, -0.2) is 9.78 Å². The van der Waals surface area contributed by atoms with Crippen LogP contribution in [0.15, 0.2) is 12.3 Å². The van der Waals surface area contributed by atoms with Gasteiger partial charge in [-0.1, -0.05) is 11.6 Å². The van der Waals surface area contributed by atoms with Crippen molar-refractivity contribution in [3.05, 3.63) is 22.8 Å². The summed E-state index contributed by atoms with van der Waals surface area (Å²) in [5.74, 6) is -0.551. The summed E-state index contributed by atoms with van der Waals surface area (Å²) < 4.78 is 0. The third-order valence-electron chi connectivity index (χ3n) is 3.43. The van der Waals surface area contributed by atoms with Crippen molar-refractivity contribution in [2.24, 2.45) is 0 Å². The lowest BCUT2D eigenvalue weighted by molar-refractivity contribution is -0.131. The van der Waals surface area contributed by atoms with E-state index in [1.54, 1.807) is 0 Å². The van der Waals surface area contributed by atoms with Gasteiger partial charge < -0.3 is 15.3 Å². The van der Waals surface area contributed by atoms with E-state index in [9.17, 15) is 9.59 Å². The van der Waals surface area contributed by atoms with Gasteiger partial charge in [0.1, 0.15) is 5.82 Å². The topological polar surface area (TPSA) is 82.5 Å². The number of amides is 1. The summed E-state index contributed by atoms with van der Waals surface area (Å²) in [7, 11) is 0. The monoisotopic (exact) mass is 311 g/mol. The zero-order chi connectivity index (χ0) is 15.2. The molecular formula is C14H18ClN3O3. The Morgan fingerprint density at radius 2 is 2.05 bits per heavy atom. The number of nitrogens with zero attached hydrogens (tertiary/aromatic N) is 2. The van der Waals surface area contributed by atoms with E-state index in [4.69, 9.17) is 16.7 Å². The van der Waals surface area contributed by atoms with E-state index in [1.165, 1.54) is 18.7 Å². The number of pyridine rings is 1. The zero-order valence-corrected chi connectivity index (χ0v) is 12.4. The molecule has 2 N–H and O–H groups in total. The van der Waals surface area contributed by atoms with E-state index < -0.39 is 5.97 Å². The van der Waals surface area contributed by atoms with Crippen LogP contribution in [0.2, 0.25) is 5.02 Å². The largest absolute Gasteiger partial charge is 0.478 e. The molecule has 0 atom stereocenters. The van der Waals surface area contributed by atoms with Gasteiger partial charge in [0.15, 0.2) is 0 Å². The predicted octanol–water partition coefficient (Wildman–Crippen LogP) is 2.25. The first kappa shape index (κ1) is 15.6. The molecule has 0 aromatic carbocycles. The van der Waals surface area contributed by atoms with Gasteiger partial charge in [0, 0.05) is 32.3 Å². The van der Waals surface area contributed by atoms with E-state index in [1.807, 2.05) is 4.90 Å². The average molecular weight is 312 g/mol. The number of hydrogen-bond acceptors (Lipinski definition) is 4. The number of piperidine rings is 1. The number of rotatable bonds is 5. The number of carbonyl (C=O) groups is 2. The first-order chi connectivity index (χ1) is 10.1. The van der Waals surface area contributed by atoms with Crippen LogP contribution in [0.1, 0.15) is 36.0 Å². The summed E-state index contributed by atoms with van der Waals surface area (Å²) >= 11 is 5.95. The first-order valence-corrected chi connectivity index (χ1v) is 7.36. The third kappa shape index (κ3) is 4.32. The number of carboxylic acids is 1. The van der Waals surface area contributed by atoms with Crippen LogP contribution in [-0.2, 0) is 4.79 Å². The lowest BCUT2D eigenvalue weighted by Crippen LogP contribution is -2.36. The number of halogens is 1. The fourth-order valence-corrected chi connectivity index (χ4v) is 2.51. The Balaban J connectivity index is 1.83. The number of nitrogens with one attached hydrogen (secondary N) is 1. The van der Waals surface area contributed by atoms with Crippen molar-refractivity contribution in [1.29, 1.82) is 0 Å². The number of carboxylic acid groups (broad SMARTS) is 1. The third-order valence-corrected chi connectivity index (χ3v) is 3.72. The SMILES string of the molecule is O=C(O)c1cnc(NCCC(=O)N2CCCCC2)c(Cl)c1. The van der Waals surface area contributed by atoms with Gasteiger partial charge in [-0.15, -0.1) is 0 Å². The second-order valence-electron chi connectivity index (χ2n) is 4.98. The van der Waals surface area contributed by atoms with E-state index in [0.717, 1.165) is 25.9 Å². The Labute approximate surface area is 128 Å². The highest BCUT2D eigenvalue weighted by Gasteiger charge is 2.16. The molecule has 1 aliphatic heterocycles. The molecule has 0 radical (unpaired) electrons. The number of aromatic carboxylic acids is 1. The molecule has 21 heavy (non-hydrogen) atoms. The molecule has 1 amide bonds. The lowest BCUT2D eigenvalue weighted by atomic mass is 10.1. The Hall–Kier alpha value is -1.82. The molecule has 0 bridgehead atoms. The Morgan fingerprint density at radius 1 is 1.33 bits per heavy atom. The van der Waals surface area contributed by atoms with Crippen molar-refractivity contribution in [2.45, 2.75) is 25.7 Å². The fraction of sp³-hybridized carbons (Fsp3) is 0.500. The minimum Gasteiger partial charge on any atom is -0.478 e. The Bertz CT molecular complexity index is 530. The molecule has 0 unspecified atom stereocenters. The molecule has 7 heteroatoms. The maximum absolute atomic E-state index is 12.0. The molecule has 0 aliphatic carbocycles. The van der Waals surface area contributed by atoms with Gasteiger partial charge >= 0.3 is 5.97 Å². The van der Waals surface area contributed by atoms with Crippen LogP contribution in [0.5, 0.6) is 0 Å².